The average Bonchev–Trinajstić information content (AvgIpc) is 3.18. The zero-order valence-corrected chi connectivity index (χ0v) is 11.5. The highest BCUT2D eigenvalue weighted by molar-refractivity contribution is 5.75. The molecule has 6 heteroatoms. The Kier molecular flexibility index (Phi) is 3.87. The summed E-state index contributed by atoms with van der Waals surface area (Å²) in [6.07, 6.45) is 2.12. The first kappa shape index (κ1) is 13.6. The average molecular weight is 265 g/mol. The molecule has 1 aliphatic carbocycles. The maximum absolute atomic E-state index is 11.7. The smallest absolute Gasteiger partial charge is 0.325 e. The normalized spacial score (nSPS) is 14.5. The first-order valence-electron chi connectivity index (χ1n) is 6.46. The Labute approximate surface area is 111 Å². The first-order chi connectivity index (χ1) is 9.01. The van der Waals surface area contributed by atoms with Crippen LogP contribution in [0.4, 0.5) is 5.82 Å². The molecule has 0 radical (unpaired) electrons. The van der Waals surface area contributed by atoms with Gasteiger partial charge < -0.3 is 14.6 Å². The second kappa shape index (κ2) is 5.42. The van der Waals surface area contributed by atoms with Crippen molar-refractivity contribution in [2.75, 3.05) is 18.6 Å². The molecule has 0 atom stereocenters. The highest BCUT2D eigenvalue weighted by atomic mass is 16.5. The van der Waals surface area contributed by atoms with Crippen molar-refractivity contribution in [1.29, 1.82) is 0 Å². The lowest BCUT2D eigenvalue weighted by Crippen LogP contribution is -2.37. The van der Waals surface area contributed by atoms with Crippen LogP contribution < -0.4 is 10.5 Å². The van der Waals surface area contributed by atoms with E-state index in [9.17, 15) is 9.59 Å². The maximum atomic E-state index is 11.7. The summed E-state index contributed by atoms with van der Waals surface area (Å²) < 4.78 is 4.68. The third-order valence-corrected chi connectivity index (χ3v) is 3.16. The first-order valence-corrected chi connectivity index (χ1v) is 6.46. The second-order valence-corrected chi connectivity index (χ2v) is 5.06. The molecule has 104 valence electrons. The van der Waals surface area contributed by atoms with Crippen molar-refractivity contribution in [2.24, 2.45) is 0 Å². The molecule has 0 saturated heterocycles. The van der Waals surface area contributed by atoms with Gasteiger partial charge in [-0.1, -0.05) is 0 Å². The third kappa shape index (κ3) is 3.33. The molecule has 0 bridgehead atoms. The minimum atomic E-state index is -0.344. The number of anilines is 1. The molecular weight excluding hydrogens is 246 g/mol. The van der Waals surface area contributed by atoms with Crippen LogP contribution >= 0.6 is 0 Å². The molecule has 1 N–H and O–H groups in total. The number of esters is 1. The van der Waals surface area contributed by atoms with Gasteiger partial charge in [-0.2, -0.15) is 0 Å². The minimum absolute atomic E-state index is 0.0560. The lowest BCUT2D eigenvalue weighted by molar-refractivity contribution is -0.139. The van der Waals surface area contributed by atoms with Gasteiger partial charge in [-0.15, -0.1) is 0 Å². The predicted molar refractivity (Wildman–Crippen MR) is 71.3 cm³/mol. The molecule has 1 aromatic rings. The summed E-state index contributed by atoms with van der Waals surface area (Å²) in [5, 5.41) is 0. The van der Waals surface area contributed by atoms with Crippen molar-refractivity contribution >= 4 is 11.8 Å². The van der Waals surface area contributed by atoms with Crippen LogP contribution in [0.15, 0.2) is 10.9 Å². The number of nitrogens with zero attached hydrogens (tertiary/aromatic N) is 2. The summed E-state index contributed by atoms with van der Waals surface area (Å²) >= 11 is 0. The number of H-pyrrole nitrogens is 1. The zero-order chi connectivity index (χ0) is 14.0. The van der Waals surface area contributed by atoms with Crippen molar-refractivity contribution in [1.82, 2.24) is 9.97 Å². The van der Waals surface area contributed by atoms with E-state index >= 15 is 0 Å². The molecule has 2 rings (SSSR count). The van der Waals surface area contributed by atoms with E-state index < -0.39 is 0 Å². The highest BCUT2D eigenvalue weighted by Crippen LogP contribution is 2.37. The number of rotatable bonds is 5. The van der Waals surface area contributed by atoms with Crippen molar-refractivity contribution in [3.05, 3.63) is 22.2 Å². The van der Waals surface area contributed by atoms with E-state index in [2.05, 4.69) is 14.7 Å². The molecule has 1 heterocycles. The largest absolute Gasteiger partial charge is 0.468 e. The van der Waals surface area contributed by atoms with Crippen LogP contribution in [0.3, 0.4) is 0 Å². The standard InChI is InChI=1S/C13H19N3O3/c1-8(2)16(7-12(18)19-3)10-6-11(17)15-13(14-10)9-4-5-9/h6,8-9H,4-5,7H2,1-3H3,(H,14,15,17). The zero-order valence-electron chi connectivity index (χ0n) is 11.5. The Morgan fingerprint density at radius 2 is 2.26 bits per heavy atom. The molecule has 19 heavy (non-hydrogen) atoms. The van der Waals surface area contributed by atoms with Crippen LogP contribution in [-0.4, -0.2) is 35.6 Å². The number of carbonyl (C=O) groups excluding carboxylic acids is 1. The van der Waals surface area contributed by atoms with Crippen molar-refractivity contribution in [2.45, 2.75) is 38.6 Å². The Bertz CT molecular complexity index is 520. The molecule has 0 spiro atoms. The van der Waals surface area contributed by atoms with Gasteiger partial charge in [0.25, 0.3) is 5.56 Å². The monoisotopic (exact) mass is 265 g/mol. The van der Waals surface area contributed by atoms with Gasteiger partial charge in [0.05, 0.1) is 7.11 Å². The van der Waals surface area contributed by atoms with Crippen LogP contribution in [0.1, 0.15) is 38.4 Å². The Balaban J connectivity index is 2.30. The number of hydrogen-bond acceptors (Lipinski definition) is 5. The molecule has 1 fully saturated rings. The van der Waals surface area contributed by atoms with E-state index in [0.717, 1.165) is 18.7 Å². The fourth-order valence-corrected chi connectivity index (χ4v) is 1.89. The molecular formula is C13H19N3O3. The van der Waals surface area contributed by atoms with Gasteiger partial charge in [0.15, 0.2) is 0 Å². The molecule has 1 aliphatic rings. The Morgan fingerprint density at radius 1 is 1.58 bits per heavy atom. The summed E-state index contributed by atoms with van der Waals surface area (Å²) in [6, 6.07) is 1.48. The highest BCUT2D eigenvalue weighted by Gasteiger charge is 2.27. The van der Waals surface area contributed by atoms with Crippen molar-refractivity contribution < 1.29 is 9.53 Å². The Hall–Kier alpha value is -1.85. The van der Waals surface area contributed by atoms with E-state index in [1.807, 2.05) is 13.8 Å². The van der Waals surface area contributed by atoms with Gasteiger partial charge in [0.1, 0.15) is 18.2 Å². The van der Waals surface area contributed by atoms with Gasteiger partial charge in [0.2, 0.25) is 0 Å². The number of aromatic nitrogens is 2. The SMILES string of the molecule is COC(=O)CN(c1cc(=O)[nH]c(C2CC2)n1)C(C)C. The number of nitrogens with one attached hydrogen (secondary N) is 1. The fourth-order valence-electron chi connectivity index (χ4n) is 1.89. The number of ether oxygens (including phenoxy) is 1. The van der Waals surface area contributed by atoms with Gasteiger partial charge in [0, 0.05) is 18.0 Å². The summed E-state index contributed by atoms with van der Waals surface area (Å²) in [4.78, 5) is 32.1. The molecule has 0 aromatic carbocycles. The number of aromatic amines is 1. The van der Waals surface area contributed by atoms with Crippen LogP contribution in [0.25, 0.3) is 0 Å². The molecule has 1 aromatic heterocycles. The predicted octanol–water partition coefficient (Wildman–Crippen LogP) is 1.04. The Morgan fingerprint density at radius 3 is 2.79 bits per heavy atom. The van der Waals surface area contributed by atoms with Crippen LogP contribution in [0.2, 0.25) is 0 Å². The molecule has 1 saturated carbocycles. The summed E-state index contributed by atoms with van der Waals surface area (Å²) in [7, 11) is 1.35. The molecule has 0 unspecified atom stereocenters. The second-order valence-electron chi connectivity index (χ2n) is 5.06. The number of carbonyl (C=O) groups is 1. The van der Waals surface area contributed by atoms with E-state index in [1.54, 1.807) is 4.90 Å². The summed E-state index contributed by atoms with van der Waals surface area (Å²) in [5.41, 5.74) is -0.178. The van der Waals surface area contributed by atoms with Crippen LogP contribution in [-0.2, 0) is 9.53 Å². The van der Waals surface area contributed by atoms with Gasteiger partial charge >= 0.3 is 5.97 Å². The van der Waals surface area contributed by atoms with E-state index in [-0.39, 0.29) is 24.1 Å². The molecule has 6 nitrogen and oxygen atoms in total. The maximum Gasteiger partial charge on any atom is 0.325 e. The van der Waals surface area contributed by atoms with Crippen molar-refractivity contribution in [3.63, 3.8) is 0 Å². The van der Waals surface area contributed by atoms with Crippen LogP contribution in [0.5, 0.6) is 0 Å². The van der Waals surface area contributed by atoms with Gasteiger partial charge in [-0.05, 0) is 26.7 Å². The van der Waals surface area contributed by atoms with E-state index in [1.165, 1.54) is 13.2 Å². The van der Waals surface area contributed by atoms with Crippen LogP contribution in [0, 0.1) is 0 Å². The van der Waals surface area contributed by atoms with Crippen molar-refractivity contribution in [3.8, 4) is 0 Å². The lowest BCUT2D eigenvalue weighted by Gasteiger charge is -2.26. The topological polar surface area (TPSA) is 75.3 Å². The number of hydrogen-bond donors (Lipinski definition) is 1. The van der Waals surface area contributed by atoms with Gasteiger partial charge in [-0.25, -0.2) is 4.98 Å². The van der Waals surface area contributed by atoms with E-state index in [4.69, 9.17) is 0 Å². The van der Waals surface area contributed by atoms with E-state index in [0.29, 0.717) is 11.7 Å². The quantitative estimate of drug-likeness (QED) is 0.805. The summed E-state index contributed by atoms with van der Waals surface area (Å²) in [5.74, 6) is 1.27. The lowest BCUT2D eigenvalue weighted by atomic mass is 10.3. The van der Waals surface area contributed by atoms with Gasteiger partial charge in [-0.3, -0.25) is 9.59 Å². The molecule has 0 amide bonds. The summed E-state index contributed by atoms with van der Waals surface area (Å²) in [6.45, 7) is 3.99. The third-order valence-electron chi connectivity index (χ3n) is 3.16. The number of methoxy groups -OCH3 is 1. The fraction of sp³-hybridized carbons (Fsp3) is 0.615. The minimum Gasteiger partial charge on any atom is -0.468 e. The molecule has 0 aliphatic heterocycles.